The molecule has 2 N–H and O–H groups in total. The number of carbonyl (C=O) groups excluding carboxylic acids is 1. The number of methoxy groups -OCH3 is 1. The Morgan fingerprint density at radius 1 is 1.41 bits per heavy atom. The van der Waals surface area contributed by atoms with Crippen molar-refractivity contribution in [3.63, 3.8) is 0 Å². The third kappa shape index (κ3) is 4.16. The quantitative estimate of drug-likeness (QED) is 0.795. The number of benzene rings is 1. The Hall–Kier alpha value is -2.18. The van der Waals surface area contributed by atoms with E-state index in [9.17, 15) is 4.79 Å². The van der Waals surface area contributed by atoms with E-state index in [0.29, 0.717) is 19.7 Å². The van der Waals surface area contributed by atoms with Crippen LogP contribution in [0.1, 0.15) is 12.5 Å². The first-order valence-electron chi connectivity index (χ1n) is 7.23. The number of nitrogens with zero attached hydrogens (tertiary/aromatic N) is 3. The highest BCUT2D eigenvalue weighted by atomic mass is 16.5. The maximum Gasteiger partial charge on any atom is 0.234 e. The second-order valence-corrected chi connectivity index (χ2v) is 5.17. The fraction of sp³-hybridized carbons (Fsp3) is 0.375. The summed E-state index contributed by atoms with van der Waals surface area (Å²) >= 11 is 0. The summed E-state index contributed by atoms with van der Waals surface area (Å²) in [6, 6.07) is 9.54. The number of primary amides is 1. The Kier molecular flexibility index (Phi) is 5.68. The van der Waals surface area contributed by atoms with Crippen molar-refractivity contribution in [2.45, 2.75) is 19.5 Å². The van der Waals surface area contributed by atoms with E-state index in [2.05, 4.69) is 5.10 Å². The molecule has 1 amide bonds. The summed E-state index contributed by atoms with van der Waals surface area (Å²) in [5, 5.41) is 4.37. The highest BCUT2D eigenvalue weighted by molar-refractivity contribution is 5.79. The molecular weight excluding hydrogens is 280 g/mol. The second kappa shape index (κ2) is 7.72. The zero-order valence-corrected chi connectivity index (χ0v) is 13.0. The van der Waals surface area contributed by atoms with Crippen LogP contribution in [0.3, 0.4) is 0 Å². The Morgan fingerprint density at radius 3 is 2.77 bits per heavy atom. The largest absolute Gasteiger partial charge is 0.383 e. The van der Waals surface area contributed by atoms with E-state index in [0.717, 1.165) is 11.3 Å². The van der Waals surface area contributed by atoms with Gasteiger partial charge in [0.25, 0.3) is 0 Å². The van der Waals surface area contributed by atoms with Crippen LogP contribution in [0, 0.1) is 0 Å². The zero-order chi connectivity index (χ0) is 15.9. The summed E-state index contributed by atoms with van der Waals surface area (Å²) in [5.41, 5.74) is 7.44. The van der Waals surface area contributed by atoms with Gasteiger partial charge in [-0.25, -0.2) is 4.68 Å². The molecule has 0 fully saturated rings. The van der Waals surface area contributed by atoms with Gasteiger partial charge in [0, 0.05) is 32.0 Å². The maximum absolute atomic E-state index is 11.4. The Bertz CT molecular complexity index is 597. The number of amides is 1. The van der Waals surface area contributed by atoms with Crippen LogP contribution in [-0.4, -0.2) is 46.9 Å². The molecule has 2 aromatic rings. The number of hydrogen-bond donors (Lipinski definition) is 1. The van der Waals surface area contributed by atoms with Gasteiger partial charge in [-0.1, -0.05) is 18.2 Å². The van der Waals surface area contributed by atoms with Crippen LogP contribution in [0.15, 0.2) is 42.7 Å². The molecule has 6 heteroatoms. The van der Waals surface area contributed by atoms with E-state index < -0.39 is 0 Å². The summed E-state index contributed by atoms with van der Waals surface area (Å²) < 4.78 is 6.92. The first-order valence-corrected chi connectivity index (χ1v) is 7.23. The molecule has 0 aliphatic rings. The van der Waals surface area contributed by atoms with Crippen LogP contribution in [0.25, 0.3) is 5.69 Å². The van der Waals surface area contributed by atoms with E-state index >= 15 is 0 Å². The molecule has 2 rings (SSSR count). The molecule has 1 aromatic carbocycles. The lowest BCUT2D eigenvalue weighted by Crippen LogP contribution is -2.43. The SMILES string of the molecule is COCCN(Cc1cnn(-c2ccccc2)c1)C(C)C(N)=O. The molecule has 0 spiro atoms. The Morgan fingerprint density at radius 2 is 2.14 bits per heavy atom. The molecule has 0 saturated carbocycles. The molecule has 0 radical (unpaired) electrons. The van der Waals surface area contributed by atoms with Gasteiger partial charge in [0.05, 0.1) is 24.5 Å². The van der Waals surface area contributed by atoms with Crippen LogP contribution in [0.5, 0.6) is 0 Å². The summed E-state index contributed by atoms with van der Waals surface area (Å²) in [6.45, 7) is 3.58. The number of aromatic nitrogens is 2. The maximum atomic E-state index is 11.4. The van der Waals surface area contributed by atoms with Crippen LogP contribution >= 0.6 is 0 Å². The van der Waals surface area contributed by atoms with E-state index in [1.54, 1.807) is 20.2 Å². The summed E-state index contributed by atoms with van der Waals surface area (Å²) in [4.78, 5) is 13.4. The van der Waals surface area contributed by atoms with Crippen LogP contribution in [0.2, 0.25) is 0 Å². The van der Waals surface area contributed by atoms with Gasteiger partial charge in [-0.05, 0) is 19.1 Å². The molecule has 1 unspecified atom stereocenters. The molecule has 1 heterocycles. The molecule has 1 atom stereocenters. The number of para-hydroxylation sites is 1. The highest BCUT2D eigenvalue weighted by Gasteiger charge is 2.19. The van der Waals surface area contributed by atoms with Crippen molar-refractivity contribution < 1.29 is 9.53 Å². The topological polar surface area (TPSA) is 73.4 Å². The molecule has 1 aromatic heterocycles. The molecule has 0 bridgehead atoms. The Labute approximate surface area is 130 Å². The summed E-state index contributed by atoms with van der Waals surface area (Å²) in [6.07, 6.45) is 3.77. The van der Waals surface area contributed by atoms with Crippen molar-refractivity contribution in [2.75, 3.05) is 20.3 Å². The van der Waals surface area contributed by atoms with Gasteiger partial charge in [0.15, 0.2) is 0 Å². The summed E-state index contributed by atoms with van der Waals surface area (Å²) in [5.74, 6) is -0.341. The molecule has 0 aliphatic heterocycles. The van der Waals surface area contributed by atoms with Gasteiger partial charge in [-0.15, -0.1) is 0 Å². The van der Waals surface area contributed by atoms with Crippen molar-refractivity contribution in [1.29, 1.82) is 0 Å². The Balaban J connectivity index is 2.10. The van der Waals surface area contributed by atoms with Gasteiger partial charge in [-0.2, -0.15) is 5.10 Å². The lowest BCUT2D eigenvalue weighted by atomic mass is 10.2. The van der Waals surface area contributed by atoms with Crippen LogP contribution < -0.4 is 5.73 Å². The van der Waals surface area contributed by atoms with Gasteiger partial charge in [-0.3, -0.25) is 9.69 Å². The van der Waals surface area contributed by atoms with Gasteiger partial charge < -0.3 is 10.5 Å². The van der Waals surface area contributed by atoms with Gasteiger partial charge in [0.1, 0.15) is 0 Å². The van der Waals surface area contributed by atoms with Crippen LogP contribution in [0.4, 0.5) is 0 Å². The fourth-order valence-electron chi connectivity index (χ4n) is 2.20. The number of nitrogens with two attached hydrogens (primary N) is 1. The predicted molar refractivity (Wildman–Crippen MR) is 84.5 cm³/mol. The number of hydrogen-bond acceptors (Lipinski definition) is 4. The molecule has 6 nitrogen and oxygen atoms in total. The standard InChI is InChI=1S/C16H22N4O2/c1-13(16(17)21)19(8-9-22-2)11-14-10-18-20(12-14)15-6-4-3-5-7-15/h3-7,10,12-13H,8-9,11H2,1-2H3,(H2,17,21). The average Bonchev–Trinajstić information content (AvgIpc) is 3.00. The van der Waals surface area contributed by atoms with Crippen molar-refractivity contribution in [3.8, 4) is 5.69 Å². The molecule has 0 saturated heterocycles. The van der Waals surface area contributed by atoms with E-state index in [1.165, 1.54) is 0 Å². The third-order valence-electron chi connectivity index (χ3n) is 3.58. The lowest BCUT2D eigenvalue weighted by molar-refractivity contribution is -0.123. The first-order chi connectivity index (χ1) is 10.6. The minimum atomic E-state index is -0.352. The molecular formula is C16H22N4O2. The fourth-order valence-corrected chi connectivity index (χ4v) is 2.20. The zero-order valence-electron chi connectivity index (χ0n) is 13.0. The normalized spacial score (nSPS) is 12.5. The lowest BCUT2D eigenvalue weighted by Gasteiger charge is -2.25. The van der Waals surface area contributed by atoms with E-state index in [4.69, 9.17) is 10.5 Å². The smallest absolute Gasteiger partial charge is 0.234 e. The van der Waals surface area contributed by atoms with Gasteiger partial charge in [0.2, 0.25) is 5.91 Å². The third-order valence-corrected chi connectivity index (χ3v) is 3.58. The molecule has 0 aliphatic carbocycles. The minimum absolute atomic E-state index is 0.341. The second-order valence-electron chi connectivity index (χ2n) is 5.17. The van der Waals surface area contributed by atoms with Crippen molar-refractivity contribution in [1.82, 2.24) is 14.7 Å². The monoisotopic (exact) mass is 302 g/mol. The molecule has 22 heavy (non-hydrogen) atoms. The predicted octanol–water partition coefficient (Wildman–Crippen LogP) is 1.19. The van der Waals surface area contributed by atoms with E-state index in [1.807, 2.05) is 46.1 Å². The number of ether oxygens (including phenoxy) is 1. The minimum Gasteiger partial charge on any atom is -0.383 e. The van der Waals surface area contributed by atoms with Crippen molar-refractivity contribution in [2.24, 2.45) is 5.73 Å². The first kappa shape index (κ1) is 16.2. The number of rotatable bonds is 8. The number of carbonyl (C=O) groups is 1. The van der Waals surface area contributed by atoms with E-state index in [-0.39, 0.29) is 11.9 Å². The average molecular weight is 302 g/mol. The molecule has 118 valence electrons. The van der Waals surface area contributed by atoms with Gasteiger partial charge >= 0.3 is 0 Å². The van der Waals surface area contributed by atoms with Crippen molar-refractivity contribution in [3.05, 3.63) is 48.3 Å². The van der Waals surface area contributed by atoms with Crippen LogP contribution in [-0.2, 0) is 16.1 Å². The van der Waals surface area contributed by atoms with Crippen molar-refractivity contribution >= 4 is 5.91 Å². The highest BCUT2D eigenvalue weighted by Crippen LogP contribution is 2.11. The summed E-state index contributed by atoms with van der Waals surface area (Å²) in [7, 11) is 1.64.